The summed E-state index contributed by atoms with van der Waals surface area (Å²) in [7, 11) is -1.76. The van der Waals surface area contributed by atoms with E-state index in [1.54, 1.807) is 5.20 Å². The molecule has 200 valence electrons. The van der Waals surface area contributed by atoms with Gasteiger partial charge < -0.3 is 14.2 Å². The van der Waals surface area contributed by atoms with Crippen LogP contribution in [-0.4, -0.2) is 38.8 Å². The van der Waals surface area contributed by atoms with Crippen LogP contribution in [0.2, 0.25) is 19.6 Å². The molecule has 1 aromatic carbocycles. The maximum atomic E-state index is 6.83. The van der Waals surface area contributed by atoms with Crippen molar-refractivity contribution < 1.29 is 14.2 Å². The van der Waals surface area contributed by atoms with Crippen molar-refractivity contribution >= 4 is 8.07 Å². The van der Waals surface area contributed by atoms with E-state index in [4.69, 9.17) is 14.2 Å². The van der Waals surface area contributed by atoms with Gasteiger partial charge in [0.15, 0.2) is 5.79 Å². The zero-order valence-electron chi connectivity index (χ0n) is 24.1. The van der Waals surface area contributed by atoms with Gasteiger partial charge in [-0.05, 0) is 96.7 Å². The predicted molar refractivity (Wildman–Crippen MR) is 156 cm³/mol. The minimum absolute atomic E-state index is 0.0117. The lowest BCUT2D eigenvalue weighted by Crippen LogP contribution is -2.57. The first-order valence-corrected chi connectivity index (χ1v) is 18.1. The molecule has 5 aliphatic rings. The Balaban J connectivity index is 1.67. The van der Waals surface area contributed by atoms with Crippen LogP contribution < -0.4 is 0 Å². The van der Waals surface area contributed by atoms with Crippen LogP contribution in [0, 0.1) is 11.8 Å². The molecule has 38 heavy (non-hydrogen) atoms. The number of rotatable bonds is 5. The van der Waals surface area contributed by atoms with E-state index in [0.717, 1.165) is 31.2 Å². The van der Waals surface area contributed by atoms with Gasteiger partial charge in [-0.2, -0.15) is 0 Å². The summed E-state index contributed by atoms with van der Waals surface area (Å²) in [5.41, 5.74) is 10.5. The van der Waals surface area contributed by atoms with Gasteiger partial charge in [0, 0.05) is 11.1 Å². The molecule has 0 aromatic heterocycles. The minimum Gasteiger partial charge on any atom is -0.372 e. The fraction of sp³-hybridized carbons (Fsp3) is 0.529. The standard InChI is InChI=1S/C34H42O3Si/c1-7-8-10-16-26-24(19-18-23-14-11-9-12-15-23)25-17-13-20-34-30(25)29(32(34)36-33(2,3)37-34)27-21-35-22-28(27)31(26)38(4,5)6/h9,11-12,14-15,32H,7-8,10,13,16-17,20-22H2,1-6H3/b25-24?,26-24-,29-27?,31-26?,31-28+. The Morgan fingerprint density at radius 3 is 2.47 bits per heavy atom. The van der Waals surface area contributed by atoms with Crippen molar-refractivity contribution in [3.63, 3.8) is 0 Å². The van der Waals surface area contributed by atoms with Gasteiger partial charge in [-0.3, -0.25) is 0 Å². The fourth-order valence-electron chi connectivity index (χ4n) is 7.48. The number of benzene rings is 1. The second-order valence-corrected chi connectivity index (χ2v) is 18.0. The number of hydrogen-bond acceptors (Lipinski definition) is 3. The van der Waals surface area contributed by atoms with Crippen LogP contribution in [0.5, 0.6) is 0 Å². The molecule has 3 nitrogen and oxygen atoms in total. The number of hydrogen-bond donors (Lipinski definition) is 0. The molecule has 0 N–H and O–H groups in total. The van der Waals surface area contributed by atoms with Crippen molar-refractivity contribution in [2.75, 3.05) is 13.2 Å². The van der Waals surface area contributed by atoms with Crippen LogP contribution in [0.3, 0.4) is 0 Å². The number of fused-ring (bicyclic) bond motifs is 2. The summed E-state index contributed by atoms with van der Waals surface area (Å²) in [6, 6.07) is 10.5. The van der Waals surface area contributed by atoms with E-state index in [1.165, 1.54) is 58.3 Å². The van der Waals surface area contributed by atoms with Crippen molar-refractivity contribution in [3.8, 4) is 11.8 Å². The third-order valence-corrected chi connectivity index (χ3v) is 10.9. The molecule has 3 aliphatic carbocycles. The van der Waals surface area contributed by atoms with Crippen LogP contribution >= 0.6 is 0 Å². The zero-order valence-corrected chi connectivity index (χ0v) is 25.1. The first-order chi connectivity index (χ1) is 18.2. The number of allylic oxidation sites excluding steroid dienone is 4. The summed E-state index contributed by atoms with van der Waals surface area (Å²) >= 11 is 0. The zero-order chi connectivity index (χ0) is 26.7. The Hall–Kier alpha value is -2.16. The second kappa shape index (κ2) is 9.49. The Labute approximate surface area is 230 Å². The lowest BCUT2D eigenvalue weighted by molar-refractivity contribution is -0.153. The quantitative estimate of drug-likeness (QED) is 0.222. The average Bonchev–Trinajstić information content (AvgIpc) is 3.38. The minimum atomic E-state index is -1.76. The SMILES string of the molecule is CCCCCC1=C(\C#Cc2ccccc2)C2=C3C(=C4COC\C4=C\1[Si](C)(C)C)C1OC(C)(C)OC31CCC2. The van der Waals surface area contributed by atoms with E-state index in [1.807, 2.05) is 0 Å². The molecular formula is C34H42O3Si. The van der Waals surface area contributed by atoms with Gasteiger partial charge in [-0.25, -0.2) is 0 Å². The molecule has 6 rings (SSSR count). The largest absolute Gasteiger partial charge is 0.372 e. The topological polar surface area (TPSA) is 27.7 Å². The summed E-state index contributed by atoms with van der Waals surface area (Å²) in [4.78, 5) is 0. The van der Waals surface area contributed by atoms with Crippen LogP contribution in [0.25, 0.3) is 0 Å². The number of ether oxygens (including phenoxy) is 3. The summed E-state index contributed by atoms with van der Waals surface area (Å²) < 4.78 is 19.8. The van der Waals surface area contributed by atoms with Crippen LogP contribution in [0.1, 0.15) is 71.3 Å². The van der Waals surface area contributed by atoms with Crippen LogP contribution in [0.15, 0.2) is 74.5 Å². The van der Waals surface area contributed by atoms with E-state index in [2.05, 4.69) is 82.6 Å². The highest BCUT2D eigenvalue weighted by Gasteiger charge is 2.68. The summed E-state index contributed by atoms with van der Waals surface area (Å²) in [6.45, 7) is 15.3. The summed E-state index contributed by atoms with van der Waals surface area (Å²) in [5, 5.41) is 1.58. The molecule has 3 fully saturated rings. The first kappa shape index (κ1) is 26.1. The fourth-order valence-corrected chi connectivity index (χ4v) is 9.77. The van der Waals surface area contributed by atoms with Gasteiger partial charge in [0.25, 0.3) is 0 Å². The lowest BCUT2D eigenvalue weighted by atomic mass is 9.57. The van der Waals surface area contributed by atoms with Gasteiger partial charge in [0.2, 0.25) is 0 Å². The molecule has 0 radical (unpaired) electrons. The molecule has 1 aromatic rings. The highest BCUT2D eigenvalue weighted by molar-refractivity contribution is 6.84. The Bertz CT molecular complexity index is 1340. The van der Waals surface area contributed by atoms with Crippen molar-refractivity contribution in [1.82, 2.24) is 0 Å². The first-order valence-electron chi connectivity index (χ1n) is 14.6. The molecular weight excluding hydrogens is 484 g/mol. The van der Waals surface area contributed by atoms with Gasteiger partial charge in [0.05, 0.1) is 21.3 Å². The van der Waals surface area contributed by atoms with Gasteiger partial charge >= 0.3 is 0 Å². The Kier molecular flexibility index (Phi) is 6.51. The van der Waals surface area contributed by atoms with Crippen LogP contribution in [0.4, 0.5) is 0 Å². The molecule has 2 saturated heterocycles. The van der Waals surface area contributed by atoms with Crippen molar-refractivity contribution in [2.24, 2.45) is 0 Å². The van der Waals surface area contributed by atoms with E-state index >= 15 is 0 Å². The maximum Gasteiger partial charge on any atom is 0.165 e. The maximum absolute atomic E-state index is 6.83. The molecule has 1 saturated carbocycles. The van der Waals surface area contributed by atoms with Crippen molar-refractivity contribution in [1.29, 1.82) is 0 Å². The molecule has 2 atom stereocenters. The Morgan fingerprint density at radius 2 is 1.74 bits per heavy atom. The average molecular weight is 527 g/mol. The van der Waals surface area contributed by atoms with E-state index in [0.29, 0.717) is 13.2 Å². The molecule has 2 aliphatic heterocycles. The Morgan fingerprint density at radius 1 is 0.974 bits per heavy atom. The molecule has 2 heterocycles. The third kappa shape index (κ3) is 4.14. The van der Waals surface area contributed by atoms with Crippen molar-refractivity contribution in [2.45, 2.75) is 103 Å². The lowest BCUT2D eigenvalue weighted by Gasteiger charge is -2.52. The molecule has 0 bridgehead atoms. The second-order valence-electron chi connectivity index (χ2n) is 13.0. The van der Waals surface area contributed by atoms with E-state index in [9.17, 15) is 0 Å². The smallest absolute Gasteiger partial charge is 0.165 e. The molecule has 4 heteroatoms. The third-order valence-electron chi connectivity index (χ3n) is 8.76. The monoisotopic (exact) mass is 526 g/mol. The molecule has 2 unspecified atom stereocenters. The normalized spacial score (nSPS) is 31.6. The van der Waals surface area contributed by atoms with Gasteiger partial charge in [-0.15, -0.1) is 0 Å². The predicted octanol–water partition coefficient (Wildman–Crippen LogP) is 7.81. The van der Waals surface area contributed by atoms with E-state index < -0.39 is 13.9 Å². The van der Waals surface area contributed by atoms with Gasteiger partial charge in [0.1, 0.15) is 11.7 Å². The highest BCUT2D eigenvalue weighted by Crippen LogP contribution is 2.64. The summed E-state index contributed by atoms with van der Waals surface area (Å²) in [5.74, 6) is 6.79. The molecule has 1 spiro atoms. The van der Waals surface area contributed by atoms with Crippen LogP contribution in [-0.2, 0) is 14.2 Å². The summed E-state index contributed by atoms with van der Waals surface area (Å²) in [6.07, 6.45) is 7.89. The van der Waals surface area contributed by atoms with E-state index in [-0.39, 0.29) is 11.7 Å². The highest BCUT2D eigenvalue weighted by atomic mass is 28.3. The molecule has 0 amide bonds. The number of unbranched alkanes of at least 4 members (excludes halogenated alkanes) is 2. The van der Waals surface area contributed by atoms with Gasteiger partial charge in [-0.1, -0.05) is 69.4 Å². The van der Waals surface area contributed by atoms with Crippen molar-refractivity contribution in [3.05, 3.63) is 80.1 Å².